The lowest BCUT2D eigenvalue weighted by molar-refractivity contribution is -0.119. The molecule has 0 aliphatic carbocycles. The minimum Gasteiger partial charge on any atom is -0.492 e. The van der Waals surface area contributed by atoms with E-state index < -0.39 is 0 Å². The Labute approximate surface area is 220 Å². The van der Waals surface area contributed by atoms with Gasteiger partial charge in [0.25, 0.3) is 5.91 Å². The van der Waals surface area contributed by atoms with Crippen LogP contribution in [0.15, 0.2) is 52.7 Å². The molecule has 1 fully saturated rings. The number of carbonyl (C=O) groups excluding carboxylic acids is 2. The maximum absolute atomic E-state index is 13.5. The minimum absolute atomic E-state index is 0.0471. The van der Waals surface area contributed by atoms with Crippen molar-refractivity contribution in [2.45, 2.75) is 35.9 Å². The van der Waals surface area contributed by atoms with E-state index in [4.69, 9.17) is 4.74 Å². The van der Waals surface area contributed by atoms with E-state index in [1.54, 1.807) is 11.8 Å². The van der Waals surface area contributed by atoms with Crippen LogP contribution in [0.25, 0.3) is 11.1 Å². The fourth-order valence-electron chi connectivity index (χ4n) is 5.07. The van der Waals surface area contributed by atoms with E-state index >= 15 is 0 Å². The number of nitrogens with zero attached hydrogens (tertiary/aromatic N) is 1. The number of ether oxygens (including phenoxy) is 1. The average Bonchev–Trinajstić information content (AvgIpc) is 3.49. The van der Waals surface area contributed by atoms with E-state index in [2.05, 4.69) is 11.4 Å². The van der Waals surface area contributed by atoms with Crippen LogP contribution in [0.5, 0.6) is 5.75 Å². The van der Waals surface area contributed by atoms with Gasteiger partial charge in [-0.25, -0.2) is 0 Å². The Morgan fingerprint density at radius 2 is 2.00 bits per heavy atom. The number of piperidine rings is 1. The summed E-state index contributed by atoms with van der Waals surface area (Å²) in [4.78, 5) is 27.5. The first-order valence-corrected chi connectivity index (χ1v) is 14.0. The van der Waals surface area contributed by atoms with Gasteiger partial charge in [0, 0.05) is 43.1 Å². The zero-order chi connectivity index (χ0) is 25.3. The van der Waals surface area contributed by atoms with Crippen molar-refractivity contribution in [1.82, 2.24) is 10.2 Å². The van der Waals surface area contributed by atoms with Crippen LogP contribution in [0.2, 0.25) is 0 Å². The van der Waals surface area contributed by atoms with Gasteiger partial charge in [0.05, 0.1) is 15.7 Å². The molecule has 3 aromatic rings. The van der Waals surface area contributed by atoms with Crippen LogP contribution in [0.4, 0.5) is 0 Å². The monoisotopic (exact) mass is 519 g/mol. The predicted octanol–water partition coefficient (Wildman–Crippen LogP) is 3.58. The van der Waals surface area contributed by atoms with Crippen molar-refractivity contribution in [3.05, 3.63) is 64.5 Å². The van der Waals surface area contributed by atoms with Crippen LogP contribution in [0, 0.1) is 0 Å². The second kappa shape index (κ2) is 10.3. The maximum atomic E-state index is 13.5. The van der Waals surface area contributed by atoms with Gasteiger partial charge in [-0.15, -0.1) is 23.1 Å². The Hall–Kier alpha value is -2.75. The molecule has 1 saturated heterocycles. The molecule has 3 heterocycles. The van der Waals surface area contributed by atoms with Crippen LogP contribution in [-0.4, -0.2) is 55.2 Å². The Morgan fingerprint density at radius 1 is 1.19 bits per heavy atom. The summed E-state index contributed by atoms with van der Waals surface area (Å²) < 4.78 is 7.13. The van der Waals surface area contributed by atoms with Gasteiger partial charge >= 0.3 is 7.48 Å². The smallest absolute Gasteiger partial charge is 0.326 e. The third kappa shape index (κ3) is 4.79. The highest BCUT2D eigenvalue weighted by Crippen LogP contribution is 2.46. The standard InChI is InChI=1S/C27H28BN2O4S2/c1-17(31)29-15-18-6-7-23-22(12-18)27(16-34-23)8-10-30(11-9-27)25(32)24-14-21(26(35-2)36-24)19-4-3-5-20(13-19)28-33/h3-7,12-14,33H,8-11,15-16H2,1-2H3,(H,29,31). The van der Waals surface area contributed by atoms with E-state index in [1.165, 1.54) is 23.8 Å². The molecule has 36 heavy (non-hydrogen) atoms. The van der Waals surface area contributed by atoms with Gasteiger partial charge in [-0.1, -0.05) is 35.8 Å². The molecular formula is C27H28BN2O4S2. The average molecular weight is 519 g/mol. The number of thiophene rings is 1. The summed E-state index contributed by atoms with van der Waals surface area (Å²) in [6.07, 6.45) is 3.71. The Morgan fingerprint density at radius 3 is 2.72 bits per heavy atom. The highest BCUT2D eigenvalue weighted by Gasteiger charge is 2.44. The number of nitrogens with one attached hydrogen (secondary N) is 1. The molecule has 2 aliphatic rings. The largest absolute Gasteiger partial charge is 0.492 e. The van der Waals surface area contributed by atoms with Crippen LogP contribution in [-0.2, 0) is 16.8 Å². The fraction of sp³-hybridized carbons (Fsp3) is 0.333. The highest BCUT2D eigenvalue weighted by molar-refractivity contribution is 8.00. The Bertz CT molecular complexity index is 1300. The molecule has 0 bridgehead atoms. The zero-order valence-corrected chi connectivity index (χ0v) is 22.0. The number of thioether (sulfide) groups is 1. The highest BCUT2D eigenvalue weighted by atomic mass is 32.2. The lowest BCUT2D eigenvalue weighted by atomic mass is 9.74. The van der Waals surface area contributed by atoms with E-state index in [-0.39, 0.29) is 17.2 Å². The van der Waals surface area contributed by atoms with Gasteiger partial charge in [-0.2, -0.15) is 0 Å². The third-order valence-corrected chi connectivity index (χ3v) is 9.37. The van der Waals surface area contributed by atoms with Crippen molar-refractivity contribution in [2.75, 3.05) is 26.0 Å². The van der Waals surface area contributed by atoms with E-state index in [1.807, 2.05) is 53.6 Å². The molecule has 2 amide bonds. The van der Waals surface area contributed by atoms with Crippen molar-refractivity contribution >= 4 is 47.9 Å². The molecule has 2 aliphatic heterocycles. The predicted molar refractivity (Wildman–Crippen MR) is 145 cm³/mol. The van der Waals surface area contributed by atoms with Crippen molar-refractivity contribution < 1.29 is 19.3 Å². The lowest BCUT2D eigenvalue weighted by Gasteiger charge is -2.38. The van der Waals surface area contributed by atoms with Crippen LogP contribution >= 0.6 is 23.1 Å². The summed E-state index contributed by atoms with van der Waals surface area (Å²) in [6.45, 7) is 4.00. The van der Waals surface area contributed by atoms with Crippen LogP contribution < -0.4 is 15.5 Å². The topological polar surface area (TPSA) is 78.9 Å². The minimum atomic E-state index is -0.0926. The molecule has 2 aromatic carbocycles. The molecule has 0 unspecified atom stereocenters. The van der Waals surface area contributed by atoms with Crippen molar-refractivity contribution in [1.29, 1.82) is 0 Å². The molecule has 1 spiro atoms. The summed E-state index contributed by atoms with van der Waals surface area (Å²) in [5.41, 5.74) is 4.92. The molecule has 0 atom stereocenters. The number of hydrogen-bond acceptors (Lipinski definition) is 6. The van der Waals surface area contributed by atoms with Gasteiger partial charge < -0.3 is 20.0 Å². The first-order chi connectivity index (χ1) is 17.4. The number of likely N-dealkylation sites (tertiary alicyclic amines) is 1. The summed E-state index contributed by atoms with van der Waals surface area (Å²) >= 11 is 3.17. The Balaban J connectivity index is 1.32. The van der Waals surface area contributed by atoms with Crippen molar-refractivity contribution in [3.8, 4) is 16.9 Å². The van der Waals surface area contributed by atoms with E-state index in [0.717, 1.165) is 57.3 Å². The number of fused-ring (bicyclic) bond motifs is 2. The summed E-state index contributed by atoms with van der Waals surface area (Å²) in [6, 6.07) is 15.8. The molecule has 1 radical (unpaired) electrons. The molecule has 185 valence electrons. The summed E-state index contributed by atoms with van der Waals surface area (Å²) in [5, 5.41) is 12.3. The molecule has 5 rings (SSSR count). The second-order valence-corrected chi connectivity index (χ2v) is 11.5. The second-order valence-electron chi connectivity index (χ2n) is 9.37. The maximum Gasteiger partial charge on any atom is 0.326 e. The van der Waals surface area contributed by atoms with Crippen LogP contribution in [0.1, 0.15) is 40.6 Å². The first-order valence-electron chi connectivity index (χ1n) is 12.0. The molecule has 9 heteroatoms. The van der Waals surface area contributed by atoms with E-state index in [9.17, 15) is 14.6 Å². The fourth-order valence-corrected chi connectivity index (χ4v) is 6.95. The van der Waals surface area contributed by atoms with Gasteiger partial charge in [-0.3, -0.25) is 9.59 Å². The quantitative estimate of drug-likeness (QED) is 0.385. The van der Waals surface area contributed by atoms with E-state index in [0.29, 0.717) is 26.2 Å². The summed E-state index contributed by atoms with van der Waals surface area (Å²) in [7, 11) is 1.10. The first kappa shape index (κ1) is 24.9. The SMILES string of the molecule is CSc1sc(C(=O)N2CCC3(CC2)COc2ccc(CNC(C)=O)cc23)cc1-c1cccc([B]O)c1. The number of benzene rings is 2. The number of carbonyl (C=O) groups is 2. The van der Waals surface area contributed by atoms with Gasteiger partial charge in [-0.05, 0) is 48.4 Å². The van der Waals surface area contributed by atoms with Crippen molar-refractivity contribution in [2.24, 2.45) is 0 Å². The van der Waals surface area contributed by atoms with Crippen molar-refractivity contribution in [3.63, 3.8) is 0 Å². The van der Waals surface area contributed by atoms with Gasteiger partial charge in [0.15, 0.2) is 0 Å². The number of amides is 2. The molecule has 1 aromatic heterocycles. The van der Waals surface area contributed by atoms with Crippen LogP contribution in [0.3, 0.4) is 0 Å². The van der Waals surface area contributed by atoms with Gasteiger partial charge in [0.1, 0.15) is 5.75 Å². The normalized spacial score (nSPS) is 15.9. The molecule has 2 N–H and O–H groups in total. The number of hydrogen-bond donors (Lipinski definition) is 2. The van der Waals surface area contributed by atoms with Gasteiger partial charge in [0.2, 0.25) is 5.91 Å². The zero-order valence-electron chi connectivity index (χ0n) is 20.4. The summed E-state index contributed by atoms with van der Waals surface area (Å²) in [5.74, 6) is 0.935. The Kier molecular flexibility index (Phi) is 7.15. The molecule has 6 nitrogen and oxygen atoms in total. The third-order valence-electron chi connectivity index (χ3n) is 7.11. The number of rotatable bonds is 6. The molecular weight excluding hydrogens is 491 g/mol. The lowest BCUT2D eigenvalue weighted by Crippen LogP contribution is -2.45. The molecule has 0 saturated carbocycles.